The van der Waals surface area contributed by atoms with Crippen LogP contribution in [0.25, 0.3) is 0 Å². The third kappa shape index (κ3) is 6.55. The molecule has 0 aromatic rings. The number of nitrogens with zero attached hydrogens (tertiary/aromatic N) is 2. The molecule has 1 aliphatic heterocycles. The molecule has 0 spiro atoms. The van der Waals surface area contributed by atoms with E-state index in [0.29, 0.717) is 5.41 Å². The van der Waals surface area contributed by atoms with Crippen LogP contribution < -0.4 is 5.73 Å². The minimum atomic E-state index is 0.402. The molecule has 120 valence electrons. The second kappa shape index (κ2) is 9.01. The van der Waals surface area contributed by atoms with Gasteiger partial charge < -0.3 is 15.5 Å². The van der Waals surface area contributed by atoms with Crippen LogP contribution in [0.5, 0.6) is 0 Å². The second-order valence-corrected chi connectivity index (χ2v) is 7.47. The lowest BCUT2D eigenvalue weighted by Crippen LogP contribution is -2.46. The maximum Gasteiger partial charge on any atom is 0.0110 e. The Bertz CT molecular complexity index is 239. The summed E-state index contributed by atoms with van der Waals surface area (Å²) in [4.78, 5) is 5.25. The summed E-state index contributed by atoms with van der Waals surface area (Å²) in [6, 6.07) is 0. The number of nitrogens with two attached hydrogens (primary N) is 1. The Morgan fingerprint density at radius 3 is 1.95 bits per heavy atom. The molecule has 0 bridgehead atoms. The summed E-state index contributed by atoms with van der Waals surface area (Å²) in [6.45, 7) is 17.8. The van der Waals surface area contributed by atoms with Crippen molar-refractivity contribution in [2.45, 2.75) is 53.4 Å². The first-order valence-electron chi connectivity index (χ1n) is 8.62. The zero-order valence-electron chi connectivity index (χ0n) is 14.3. The van der Waals surface area contributed by atoms with Gasteiger partial charge in [-0.3, -0.25) is 0 Å². The predicted molar refractivity (Wildman–Crippen MR) is 89.0 cm³/mol. The van der Waals surface area contributed by atoms with Crippen molar-refractivity contribution < 1.29 is 0 Å². The van der Waals surface area contributed by atoms with Crippen LogP contribution in [-0.4, -0.2) is 55.6 Å². The Kier molecular flexibility index (Phi) is 8.08. The standard InChI is InChI=1S/C17H37N3/c1-5-10-19-12-14-20(15-13-19)11-6-7-16(8-9-18)17(2,3)4/h16H,5-15,18H2,1-4H3. The van der Waals surface area contributed by atoms with Crippen LogP contribution in [0.3, 0.4) is 0 Å². The molecule has 1 fully saturated rings. The van der Waals surface area contributed by atoms with Crippen molar-refractivity contribution in [1.82, 2.24) is 9.80 Å². The predicted octanol–water partition coefficient (Wildman–Crippen LogP) is 2.81. The van der Waals surface area contributed by atoms with Gasteiger partial charge in [0.2, 0.25) is 0 Å². The van der Waals surface area contributed by atoms with Crippen LogP contribution in [0.1, 0.15) is 53.4 Å². The summed E-state index contributed by atoms with van der Waals surface area (Å²) in [5.41, 5.74) is 6.17. The summed E-state index contributed by atoms with van der Waals surface area (Å²) in [5, 5.41) is 0. The summed E-state index contributed by atoms with van der Waals surface area (Å²) in [7, 11) is 0. The highest BCUT2D eigenvalue weighted by Crippen LogP contribution is 2.32. The first kappa shape index (κ1) is 17.9. The highest BCUT2D eigenvalue weighted by atomic mass is 15.3. The Morgan fingerprint density at radius 2 is 1.50 bits per heavy atom. The van der Waals surface area contributed by atoms with Crippen LogP contribution in [0.4, 0.5) is 0 Å². The normalized spacial score (nSPS) is 20.2. The maximum absolute atomic E-state index is 5.77. The van der Waals surface area contributed by atoms with Gasteiger partial charge in [-0.1, -0.05) is 27.7 Å². The van der Waals surface area contributed by atoms with Gasteiger partial charge in [0.1, 0.15) is 0 Å². The summed E-state index contributed by atoms with van der Waals surface area (Å²) in [5.74, 6) is 0.772. The molecule has 0 radical (unpaired) electrons. The second-order valence-electron chi connectivity index (χ2n) is 7.47. The Labute approximate surface area is 126 Å². The van der Waals surface area contributed by atoms with Gasteiger partial charge in [0.25, 0.3) is 0 Å². The minimum Gasteiger partial charge on any atom is -0.330 e. The zero-order valence-corrected chi connectivity index (χ0v) is 14.3. The van der Waals surface area contributed by atoms with Crippen LogP contribution in [-0.2, 0) is 0 Å². The molecule has 0 amide bonds. The molecular weight excluding hydrogens is 246 g/mol. The molecule has 1 atom stereocenters. The molecule has 1 rings (SSSR count). The average molecular weight is 284 g/mol. The molecule has 3 heteroatoms. The highest BCUT2D eigenvalue weighted by Gasteiger charge is 2.24. The maximum atomic E-state index is 5.77. The summed E-state index contributed by atoms with van der Waals surface area (Å²) in [6.07, 6.45) is 5.12. The van der Waals surface area contributed by atoms with Crippen molar-refractivity contribution >= 4 is 0 Å². The number of hydrogen-bond acceptors (Lipinski definition) is 3. The van der Waals surface area contributed by atoms with Gasteiger partial charge in [-0.2, -0.15) is 0 Å². The topological polar surface area (TPSA) is 32.5 Å². The van der Waals surface area contributed by atoms with Gasteiger partial charge in [-0.05, 0) is 56.7 Å². The Morgan fingerprint density at radius 1 is 0.950 bits per heavy atom. The van der Waals surface area contributed by atoms with E-state index in [2.05, 4.69) is 37.5 Å². The molecule has 1 heterocycles. The van der Waals surface area contributed by atoms with Crippen LogP contribution in [0, 0.1) is 11.3 Å². The number of piperazine rings is 1. The van der Waals surface area contributed by atoms with E-state index >= 15 is 0 Å². The first-order chi connectivity index (χ1) is 9.47. The van der Waals surface area contributed by atoms with Crippen LogP contribution in [0.15, 0.2) is 0 Å². The van der Waals surface area contributed by atoms with Crippen molar-refractivity contribution in [3.63, 3.8) is 0 Å². The molecule has 3 nitrogen and oxygen atoms in total. The largest absolute Gasteiger partial charge is 0.330 e. The van der Waals surface area contributed by atoms with E-state index in [4.69, 9.17) is 5.73 Å². The Hall–Kier alpha value is -0.120. The summed E-state index contributed by atoms with van der Waals surface area (Å²) >= 11 is 0. The molecule has 1 unspecified atom stereocenters. The van der Waals surface area contributed by atoms with E-state index in [1.807, 2.05) is 0 Å². The SMILES string of the molecule is CCCN1CCN(CCCC(CCN)C(C)(C)C)CC1. The van der Waals surface area contributed by atoms with Gasteiger partial charge in [-0.15, -0.1) is 0 Å². The fourth-order valence-corrected chi connectivity index (χ4v) is 3.33. The van der Waals surface area contributed by atoms with Crippen molar-refractivity contribution in [3.05, 3.63) is 0 Å². The van der Waals surface area contributed by atoms with Crippen molar-refractivity contribution in [2.24, 2.45) is 17.1 Å². The molecular formula is C17H37N3. The quantitative estimate of drug-likeness (QED) is 0.743. The minimum absolute atomic E-state index is 0.402. The molecule has 0 saturated carbocycles. The van der Waals surface area contributed by atoms with Crippen LogP contribution >= 0.6 is 0 Å². The highest BCUT2D eigenvalue weighted by molar-refractivity contribution is 4.76. The Balaban J connectivity index is 2.20. The van der Waals surface area contributed by atoms with E-state index in [-0.39, 0.29) is 0 Å². The fraction of sp³-hybridized carbons (Fsp3) is 1.00. The van der Waals surface area contributed by atoms with Crippen molar-refractivity contribution in [2.75, 3.05) is 45.8 Å². The molecule has 0 aliphatic carbocycles. The fourth-order valence-electron chi connectivity index (χ4n) is 3.33. The van der Waals surface area contributed by atoms with Crippen LogP contribution in [0.2, 0.25) is 0 Å². The molecule has 0 aromatic heterocycles. The molecule has 2 N–H and O–H groups in total. The molecule has 0 aromatic carbocycles. The average Bonchev–Trinajstić information content (AvgIpc) is 2.39. The number of rotatable bonds is 8. The van der Waals surface area contributed by atoms with Gasteiger partial charge >= 0.3 is 0 Å². The van der Waals surface area contributed by atoms with E-state index in [1.54, 1.807) is 0 Å². The van der Waals surface area contributed by atoms with Gasteiger partial charge in [0.15, 0.2) is 0 Å². The van der Waals surface area contributed by atoms with E-state index < -0.39 is 0 Å². The summed E-state index contributed by atoms with van der Waals surface area (Å²) < 4.78 is 0. The van der Waals surface area contributed by atoms with Crippen molar-refractivity contribution in [3.8, 4) is 0 Å². The lowest BCUT2D eigenvalue weighted by Gasteiger charge is -2.35. The van der Waals surface area contributed by atoms with E-state index in [0.717, 1.165) is 12.5 Å². The molecule has 20 heavy (non-hydrogen) atoms. The lowest BCUT2D eigenvalue weighted by molar-refractivity contribution is 0.124. The molecule has 1 aliphatic rings. The smallest absolute Gasteiger partial charge is 0.0110 e. The van der Waals surface area contributed by atoms with Gasteiger partial charge in [0.05, 0.1) is 0 Å². The third-order valence-corrected chi connectivity index (χ3v) is 4.77. The van der Waals surface area contributed by atoms with Crippen molar-refractivity contribution in [1.29, 1.82) is 0 Å². The third-order valence-electron chi connectivity index (χ3n) is 4.77. The molecule has 1 saturated heterocycles. The number of hydrogen-bond donors (Lipinski definition) is 1. The first-order valence-corrected chi connectivity index (χ1v) is 8.62. The van der Waals surface area contributed by atoms with Gasteiger partial charge in [-0.25, -0.2) is 0 Å². The van der Waals surface area contributed by atoms with E-state index in [9.17, 15) is 0 Å². The monoisotopic (exact) mass is 283 g/mol. The van der Waals surface area contributed by atoms with E-state index in [1.165, 1.54) is 65.0 Å². The zero-order chi connectivity index (χ0) is 15.0. The van der Waals surface area contributed by atoms with Gasteiger partial charge in [0, 0.05) is 26.2 Å². The lowest BCUT2D eigenvalue weighted by atomic mass is 9.76.